The molecule has 4 rings (SSSR count). The van der Waals surface area contributed by atoms with E-state index in [1.807, 2.05) is 19.3 Å². The zero-order valence-corrected chi connectivity index (χ0v) is 17.4. The fraction of sp³-hybridized carbons (Fsp3) is 0.318. The minimum absolute atomic E-state index is 0.258. The average Bonchev–Trinajstić information content (AvgIpc) is 3.27. The van der Waals surface area contributed by atoms with Crippen LogP contribution in [0.25, 0.3) is 11.1 Å². The summed E-state index contributed by atoms with van der Waals surface area (Å²) < 4.78 is 40.8. The number of pyridine rings is 1. The van der Waals surface area contributed by atoms with Gasteiger partial charge in [-0.15, -0.1) is 13.2 Å². The van der Waals surface area contributed by atoms with Gasteiger partial charge in [0.2, 0.25) is 0 Å². The highest BCUT2D eigenvalue weighted by molar-refractivity contribution is 5.75. The molecule has 2 aromatic heterocycles. The predicted molar refractivity (Wildman–Crippen MR) is 115 cm³/mol. The summed E-state index contributed by atoms with van der Waals surface area (Å²) in [5, 5.41) is 6.52. The van der Waals surface area contributed by atoms with Crippen molar-refractivity contribution < 1.29 is 17.9 Å². The fourth-order valence-corrected chi connectivity index (χ4v) is 3.67. The van der Waals surface area contributed by atoms with Crippen molar-refractivity contribution in [3.05, 3.63) is 60.8 Å². The van der Waals surface area contributed by atoms with Crippen molar-refractivity contribution in [1.29, 1.82) is 0 Å². The molecule has 3 aromatic rings. The molecule has 1 atom stereocenters. The van der Waals surface area contributed by atoms with E-state index >= 15 is 0 Å². The molecule has 2 N–H and O–H groups in total. The highest BCUT2D eigenvalue weighted by Crippen LogP contribution is 2.31. The van der Waals surface area contributed by atoms with Gasteiger partial charge in [-0.2, -0.15) is 0 Å². The maximum absolute atomic E-state index is 12.3. The Bertz CT molecular complexity index is 1030. The first kappa shape index (κ1) is 21.8. The van der Waals surface area contributed by atoms with Crippen molar-refractivity contribution in [3.8, 4) is 16.9 Å². The second-order valence-corrected chi connectivity index (χ2v) is 7.49. The largest absolute Gasteiger partial charge is 0.573 e. The molecule has 1 saturated heterocycles. The summed E-state index contributed by atoms with van der Waals surface area (Å²) in [4.78, 5) is 15.3. The van der Waals surface area contributed by atoms with Gasteiger partial charge in [-0.05, 0) is 49.4 Å². The summed E-state index contributed by atoms with van der Waals surface area (Å²) in [5.74, 6) is 0.626. The third-order valence-electron chi connectivity index (χ3n) is 5.28. The molecule has 7 nitrogen and oxygen atoms in total. The molecule has 0 amide bonds. The molecule has 1 aliphatic heterocycles. The summed E-state index contributed by atoms with van der Waals surface area (Å²) in [5.41, 5.74) is 3.41. The lowest BCUT2D eigenvalue weighted by Gasteiger charge is -2.21. The smallest absolute Gasteiger partial charge is 0.406 e. The Morgan fingerprint density at radius 2 is 1.88 bits per heavy atom. The molecule has 32 heavy (non-hydrogen) atoms. The third kappa shape index (κ3) is 5.44. The topological polar surface area (TPSA) is 75.2 Å². The van der Waals surface area contributed by atoms with Gasteiger partial charge in [0.15, 0.2) is 0 Å². The van der Waals surface area contributed by atoms with Crippen molar-refractivity contribution in [2.45, 2.75) is 25.4 Å². The molecule has 10 heteroatoms. The lowest BCUT2D eigenvalue weighted by atomic mass is 10.1. The Labute approximate surface area is 183 Å². The van der Waals surface area contributed by atoms with E-state index in [1.165, 1.54) is 30.6 Å². The van der Waals surface area contributed by atoms with Gasteiger partial charge in [0.1, 0.15) is 17.9 Å². The number of hydrogen-bond acceptors (Lipinski definition) is 7. The summed E-state index contributed by atoms with van der Waals surface area (Å²) in [6, 6.07) is 8.09. The van der Waals surface area contributed by atoms with E-state index in [0.29, 0.717) is 18.3 Å². The van der Waals surface area contributed by atoms with E-state index in [2.05, 4.69) is 30.2 Å². The molecule has 1 aliphatic rings. The Kier molecular flexibility index (Phi) is 6.40. The van der Waals surface area contributed by atoms with Crippen LogP contribution in [0.1, 0.15) is 12.0 Å². The number of halogens is 3. The van der Waals surface area contributed by atoms with E-state index in [9.17, 15) is 13.2 Å². The van der Waals surface area contributed by atoms with Crippen LogP contribution in [-0.2, 0) is 6.54 Å². The molecule has 3 heterocycles. The van der Waals surface area contributed by atoms with Crippen LogP contribution < -0.4 is 20.3 Å². The number of rotatable bonds is 7. The Balaban J connectivity index is 1.51. The number of nitrogens with zero attached hydrogens (tertiary/aromatic N) is 4. The number of benzene rings is 1. The SMILES string of the molecule is CNC1CCN(c2ncc(CNc3ccc(OC(F)(F)F)cc3)cc2-c2cncnc2)C1. The molecule has 0 saturated carbocycles. The summed E-state index contributed by atoms with van der Waals surface area (Å²) in [6.07, 6.45) is 3.15. The number of anilines is 2. The summed E-state index contributed by atoms with van der Waals surface area (Å²) in [6.45, 7) is 2.23. The summed E-state index contributed by atoms with van der Waals surface area (Å²) >= 11 is 0. The van der Waals surface area contributed by atoms with Gasteiger partial charge in [0.25, 0.3) is 0 Å². The maximum Gasteiger partial charge on any atom is 0.573 e. The summed E-state index contributed by atoms with van der Waals surface area (Å²) in [7, 11) is 1.96. The standard InChI is InChI=1S/C22H23F3N6O/c1-26-18-6-7-31(13-18)21-20(16-11-27-14-28-12-16)8-15(10-30-21)9-29-17-2-4-19(5-3-17)32-22(23,24)25/h2-5,8,10-12,14,18,26,29H,6-7,9,13H2,1H3. The van der Waals surface area contributed by atoms with E-state index < -0.39 is 6.36 Å². The molecule has 1 fully saturated rings. The normalized spacial score (nSPS) is 16.2. The second-order valence-electron chi connectivity index (χ2n) is 7.49. The van der Waals surface area contributed by atoms with Crippen LogP contribution in [0.3, 0.4) is 0 Å². The van der Waals surface area contributed by atoms with Crippen LogP contribution in [0.5, 0.6) is 5.75 Å². The van der Waals surface area contributed by atoms with Crippen molar-refractivity contribution in [2.75, 3.05) is 30.4 Å². The number of aromatic nitrogens is 3. The molecule has 0 radical (unpaired) electrons. The molecular weight excluding hydrogens is 421 g/mol. The van der Waals surface area contributed by atoms with Crippen LogP contribution in [0.4, 0.5) is 24.7 Å². The van der Waals surface area contributed by atoms with Gasteiger partial charge in [0, 0.05) is 61.1 Å². The molecule has 0 spiro atoms. The first-order chi connectivity index (χ1) is 15.4. The number of ether oxygens (including phenoxy) is 1. The van der Waals surface area contributed by atoms with Crippen molar-refractivity contribution in [2.24, 2.45) is 0 Å². The quantitative estimate of drug-likeness (QED) is 0.573. The van der Waals surface area contributed by atoms with Crippen LogP contribution in [0.15, 0.2) is 55.2 Å². The van der Waals surface area contributed by atoms with E-state index in [0.717, 1.165) is 42.0 Å². The van der Waals surface area contributed by atoms with Crippen LogP contribution in [-0.4, -0.2) is 47.5 Å². The van der Waals surface area contributed by atoms with Gasteiger partial charge in [-0.1, -0.05) is 0 Å². The minimum atomic E-state index is -4.71. The van der Waals surface area contributed by atoms with Crippen molar-refractivity contribution >= 4 is 11.5 Å². The fourth-order valence-electron chi connectivity index (χ4n) is 3.67. The molecular formula is C22H23F3N6O. The number of nitrogens with one attached hydrogen (secondary N) is 2. The molecule has 168 valence electrons. The van der Waals surface area contributed by atoms with E-state index in [4.69, 9.17) is 4.98 Å². The average molecular weight is 444 g/mol. The van der Waals surface area contributed by atoms with Crippen molar-refractivity contribution in [3.63, 3.8) is 0 Å². The molecule has 0 bridgehead atoms. The Hall–Kier alpha value is -3.40. The first-order valence-corrected chi connectivity index (χ1v) is 10.2. The third-order valence-corrected chi connectivity index (χ3v) is 5.28. The number of hydrogen-bond donors (Lipinski definition) is 2. The lowest BCUT2D eigenvalue weighted by Crippen LogP contribution is -2.30. The predicted octanol–water partition coefficient (Wildman–Crippen LogP) is 3.85. The second kappa shape index (κ2) is 9.39. The zero-order chi connectivity index (χ0) is 22.6. The van der Waals surface area contributed by atoms with Gasteiger partial charge in [0.05, 0.1) is 0 Å². The van der Waals surface area contributed by atoms with E-state index in [-0.39, 0.29) is 5.75 Å². The van der Waals surface area contributed by atoms with Crippen LogP contribution in [0.2, 0.25) is 0 Å². The van der Waals surface area contributed by atoms with E-state index in [1.54, 1.807) is 12.4 Å². The lowest BCUT2D eigenvalue weighted by molar-refractivity contribution is -0.274. The number of alkyl halides is 3. The van der Waals surface area contributed by atoms with Gasteiger partial charge < -0.3 is 20.3 Å². The number of likely N-dealkylation sites (N-methyl/N-ethyl adjacent to an activating group) is 1. The molecule has 1 aromatic carbocycles. The van der Waals surface area contributed by atoms with Crippen LogP contribution >= 0.6 is 0 Å². The van der Waals surface area contributed by atoms with Gasteiger partial charge in [-0.3, -0.25) is 0 Å². The zero-order valence-electron chi connectivity index (χ0n) is 17.4. The highest BCUT2D eigenvalue weighted by atomic mass is 19.4. The maximum atomic E-state index is 12.3. The molecule has 0 aliphatic carbocycles. The Morgan fingerprint density at radius 3 is 2.53 bits per heavy atom. The van der Waals surface area contributed by atoms with Gasteiger partial charge in [-0.25, -0.2) is 15.0 Å². The van der Waals surface area contributed by atoms with Crippen molar-refractivity contribution in [1.82, 2.24) is 20.3 Å². The van der Waals surface area contributed by atoms with Gasteiger partial charge >= 0.3 is 6.36 Å². The highest BCUT2D eigenvalue weighted by Gasteiger charge is 2.31. The van der Waals surface area contributed by atoms with Crippen LogP contribution in [0, 0.1) is 0 Å². The monoisotopic (exact) mass is 444 g/mol. The first-order valence-electron chi connectivity index (χ1n) is 10.2. The molecule has 1 unspecified atom stereocenters. The Morgan fingerprint density at radius 1 is 1.12 bits per heavy atom. The minimum Gasteiger partial charge on any atom is -0.406 e.